The summed E-state index contributed by atoms with van der Waals surface area (Å²) in [5.74, 6) is -0.830. The van der Waals surface area contributed by atoms with E-state index in [1.807, 2.05) is 74.5 Å². The van der Waals surface area contributed by atoms with E-state index >= 15 is 0 Å². The summed E-state index contributed by atoms with van der Waals surface area (Å²) in [4.78, 5) is 37.5. The van der Waals surface area contributed by atoms with Crippen LogP contribution in [0.4, 0.5) is 4.79 Å². The van der Waals surface area contributed by atoms with Crippen molar-refractivity contribution in [3.63, 3.8) is 0 Å². The van der Waals surface area contributed by atoms with Gasteiger partial charge in [-0.25, -0.2) is 9.59 Å². The maximum atomic E-state index is 12.9. The van der Waals surface area contributed by atoms with Crippen LogP contribution in [0.5, 0.6) is 0 Å². The molecule has 0 aliphatic rings. The summed E-state index contributed by atoms with van der Waals surface area (Å²) in [6.45, 7) is 4.00. The molecule has 0 aromatic heterocycles. The minimum atomic E-state index is -0.831. The average Bonchev–Trinajstić information content (AvgIpc) is 2.80. The molecule has 172 valence electrons. The molecule has 2 atom stereocenters. The summed E-state index contributed by atoms with van der Waals surface area (Å²) in [6, 6.07) is 17.3. The smallest absolute Gasteiger partial charge is 0.408 e. The van der Waals surface area contributed by atoms with Gasteiger partial charge in [0, 0.05) is 0 Å². The van der Waals surface area contributed by atoms with Crippen LogP contribution >= 0.6 is 0 Å². The molecule has 2 amide bonds. The molecule has 0 aliphatic carbocycles. The molecule has 7 nitrogen and oxygen atoms in total. The Bertz CT molecular complexity index is 855. The molecular weight excluding hydrogens is 408 g/mol. The predicted octanol–water partition coefficient (Wildman–Crippen LogP) is 3.62. The molecule has 0 heterocycles. The zero-order valence-corrected chi connectivity index (χ0v) is 18.9. The molecule has 0 bridgehead atoms. The molecule has 7 heteroatoms. The molecule has 0 unspecified atom stereocenters. The lowest BCUT2D eigenvalue weighted by Gasteiger charge is -2.23. The van der Waals surface area contributed by atoms with E-state index in [4.69, 9.17) is 9.47 Å². The lowest BCUT2D eigenvalue weighted by molar-refractivity contribution is -0.145. The van der Waals surface area contributed by atoms with E-state index in [1.165, 1.54) is 7.11 Å². The van der Waals surface area contributed by atoms with E-state index in [9.17, 15) is 14.4 Å². The second kappa shape index (κ2) is 13.1. The molecule has 0 aliphatic heterocycles. The minimum Gasteiger partial charge on any atom is -0.467 e. The fourth-order valence-electron chi connectivity index (χ4n) is 3.23. The third-order valence-electron chi connectivity index (χ3n) is 4.90. The number of aryl methyl sites for hydroxylation is 1. The minimum absolute atomic E-state index is 0.102. The standard InChI is InChI=1S/C25H32N2O5/c1-18(2)16-22(27-25(30)32-17-20-12-8-5-9-13-20)23(28)26-21(24(29)31-3)15-14-19-10-6-4-7-11-19/h4-13,18,21-22H,14-17H2,1-3H3,(H,26,28)(H,27,30)/t21-,22-/m0/s1. The molecule has 0 saturated carbocycles. The van der Waals surface area contributed by atoms with Gasteiger partial charge in [-0.15, -0.1) is 0 Å². The Kier molecular flexibility index (Phi) is 10.2. The van der Waals surface area contributed by atoms with E-state index in [0.717, 1.165) is 11.1 Å². The van der Waals surface area contributed by atoms with Crippen molar-refractivity contribution in [3.05, 3.63) is 71.8 Å². The number of hydrogen-bond donors (Lipinski definition) is 2. The number of alkyl carbamates (subject to hydrolysis) is 1. The summed E-state index contributed by atoms with van der Waals surface area (Å²) in [6.07, 6.45) is 0.699. The van der Waals surface area contributed by atoms with Gasteiger partial charge >= 0.3 is 12.1 Å². The van der Waals surface area contributed by atoms with Gasteiger partial charge in [-0.1, -0.05) is 74.5 Å². The van der Waals surface area contributed by atoms with Crippen LogP contribution in [0.3, 0.4) is 0 Å². The van der Waals surface area contributed by atoms with Crippen molar-refractivity contribution < 1.29 is 23.9 Å². The molecular formula is C25H32N2O5. The Morgan fingerprint density at radius 3 is 2.00 bits per heavy atom. The van der Waals surface area contributed by atoms with Crippen molar-refractivity contribution in [3.8, 4) is 0 Å². The number of carbonyl (C=O) groups excluding carboxylic acids is 3. The fraction of sp³-hybridized carbons (Fsp3) is 0.400. The number of amides is 2. The second-order valence-electron chi connectivity index (χ2n) is 8.00. The van der Waals surface area contributed by atoms with Crippen LogP contribution in [0.25, 0.3) is 0 Å². The van der Waals surface area contributed by atoms with Gasteiger partial charge in [0.15, 0.2) is 0 Å². The number of esters is 1. The zero-order valence-electron chi connectivity index (χ0n) is 18.9. The highest BCUT2D eigenvalue weighted by Gasteiger charge is 2.28. The lowest BCUT2D eigenvalue weighted by Crippen LogP contribution is -2.52. The van der Waals surface area contributed by atoms with Crippen LogP contribution < -0.4 is 10.6 Å². The van der Waals surface area contributed by atoms with Gasteiger partial charge in [-0.3, -0.25) is 4.79 Å². The number of ether oxygens (including phenoxy) is 2. The van der Waals surface area contributed by atoms with Crippen LogP contribution in [0.2, 0.25) is 0 Å². The van der Waals surface area contributed by atoms with E-state index < -0.39 is 30.1 Å². The summed E-state index contributed by atoms with van der Waals surface area (Å²) in [5.41, 5.74) is 1.90. The van der Waals surface area contributed by atoms with E-state index in [0.29, 0.717) is 19.3 Å². The Balaban J connectivity index is 1.98. The van der Waals surface area contributed by atoms with Crippen molar-refractivity contribution >= 4 is 18.0 Å². The fourth-order valence-corrected chi connectivity index (χ4v) is 3.23. The molecule has 2 N–H and O–H groups in total. The molecule has 0 radical (unpaired) electrons. The first-order valence-electron chi connectivity index (χ1n) is 10.8. The monoisotopic (exact) mass is 440 g/mol. The van der Waals surface area contributed by atoms with Gasteiger partial charge < -0.3 is 20.1 Å². The molecule has 2 aromatic rings. The Morgan fingerprint density at radius 1 is 0.844 bits per heavy atom. The van der Waals surface area contributed by atoms with Gasteiger partial charge in [0.2, 0.25) is 5.91 Å². The second-order valence-corrected chi connectivity index (χ2v) is 8.00. The maximum absolute atomic E-state index is 12.9. The van der Waals surface area contributed by atoms with Gasteiger partial charge in [-0.05, 0) is 36.3 Å². The number of nitrogens with one attached hydrogen (secondary N) is 2. The Labute approximate surface area is 189 Å². The number of hydrogen-bond acceptors (Lipinski definition) is 5. The molecule has 0 spiro atoms. The van der Waals surface area contributed by atoms with Crippen LogP contribution in [-0.4, -0.2) is 37.2 Å². The van der Waals surface area contributed by atoms with Crippen LogP contribution in [0.15, 0.2) is 60.7 Å². The van der Waals surface area contributed by atoms with Gasteiger partial charge in [0.05, 0.1) is 7.11 Å². The third kappa shape index (κ3) is 8.79. The lowest BCUT2D eigenvalue weighted by atomic mass is 10.0. The summed E-state index contributed by atoms with van der Waals surface area (Å²) in [7, 11) is 1.29. The van der Waals surface area contributed by atoms with Gasteiger partial charge in [0.25, 0.3) is 0 Å². The number of methoxy groups -OCH3 is 1. The highest BCUT2D eigenvalue weighted by molar-refractivity contribution is 5.89. The van der Waals surface area contributed by atoms with E-state index in [1.54, 1.807) is 0 Å². The van der Waals surface area contributed by atoms with Crippen molar-refractivity contribution in [1.82, 2.24) is 10.6 Å². The number of rotatable bonds is 11. The molecule has 0 saturated heterocycles. The number of carbonyl (C=O) groups is 3. The van der Waals surface area contributed by atoms with Crippen molar-refractivity contribution in [2.45, 2.75) is 51.8 Å². The predicted molar refractivity (Wildman–Crippen MR) is 122 cm³/mol. The molecule has 2 rings (SSSR count). The van der Waals surface area contributed by atoms with Gasteiger partial charge in [-0.2, -0.15) is 0 Å². The summed E-state index contributed by atoms with van der Waals surface area (Å²) < 4.78 is 10.1. The molecule has 0 fully saturated rings. The highest BCUT2D eigenvalue weighted by Crippen LogP contribution is 2.10. The topological polar surface area (TPSA) is 93.7 Å². The third-order valence-corrected chi connectivity index (χ3v) is 4.90. The quantitative estimate of drug-likeness (QED) is 0.521. The maximum Gasteiger partial charge on any atom is 0.408 e. The Morgan fingerprint density at radius 2 is 1.44 bits per heavy atom. The highest BCUT2D eigenvalue weighted by atomic mass is 16.5. The summed E-state index contributed by atoms with van der Waals surface area (Å²) >= 11 is 0. The van der Waals surface area contributed by atoms with Crippen LogP contribution in [0, 0.1) is 5.92 Å². The SMILES string of the molecule is COC(=O)[C@H](CCc1ccccc1)NC(=O)[C@H](CC(C)C)NC(=O)OCc1ccccc1. The number of benzene rings is 2. The van der Waals surface area contributed by atoms with Gasteiger partial charge in [0.1, 0.15) is 18.7 Å². The first-order chi connectivity index (χ1) is 15.4. The average molecular weight is 441 g/mol. The van der Waals surface area contributed by atoms with E-state index in [2.05, 4.69) is 10.6 Å². The zero-order chi connectivity index (χ0) is 23.3. The molecule has 32 heavy (non-hydrogen) atoms. The first-order valence-corrected chi connectivity index (χ1v) is 10.8. The first kappa shape index (κ1) is 24.9. The van der Waals surface area contributed by atoms with Crippen molar-refractivity contribution in [2.24, 2.45) is 5.92 Å². The van der Waals surface area contributed by atoms with Crippen LogP contribution in [0.1, 0.15) is 37.8 Å². The molecule has 2 aromatic carbocycles. The largest absolute Gasteiger partial charge is 0.467 e. The van der Waals surface area contributed by atoms with Crippen molar-refractivity contribution in [1.29, 1.82) is 0 Å². The van der Waals surface area contributed by atoms with Crippen molar-refractivity contribution in [2.75, 3.05) is 7.11 Å². The summed E-state index contributed by atoms with van der Waals surface area (Å²) in [5, 5.41) is 5.37. The van der Waals surface area contributed by atoms with E-state index in [-0.39, 0.29) is 12.5 Å². The van der Waals surface area contributed by atoms with Crippen LogP contribution in [-0.2, 0) is 32.1 Å². The normalized spacial score (nSPS) is 12.5. The Hall–Kier alpha value is -3.35.